The Bertz CT molecular complexity index is 899. The maximum Gasteiger partial charge on any atom is 0.280 e. The summed E-state index contributed by atoms with van der Waals surface area (Å²) >= 11 is 0. The largest absolute Gasteiger partial charge is 0.756 e. The minimum Gasteiger partial charge on any atom is -0.756 e. The summed E-state index contributed by atoms with van der Waals surface area (Å²) < 4.78 is 44.5. The standard InChI is InChI=1S/3C16H36N.H3O9P3/c3*1-5-9-13-17(14-10-6-2,15-11-7-3)16-12-8-4;1-10(2)7-11(3,4)9-12(5,6)8-10/h3*5-16H2,1-4H3;(H,1,2)(H,3,4)(H,5,6)/q3*+1;/p-3. The quantitative estimate of drug-likeness (QED) is 0.0442. The van der Waals surface area contributed by atoms with Gasteiger partial charge in [0.1, 0.15) is 0 Å². The molecular weight excluding hydrogens is 855 g/mol. The first-order valence-corrected chi connectivity index (χ1v) is 30.9. The summed E-state index contributed by atoms with van der Waals surface area (Å²) in [5, 5.41) is 0. The fourth-order valence-electron chi connectivity index (χ4n) is 8.35. The molecule has 63 heavy (non-hydrogen) atoms. The van der Waals surface area contributed by atoms with Crippen molar-refractivity contribution in [1.82, 2.24) is 0 Å². The van der Waals surface area contributed by atoms with Crippen LogP contribution >= 0.6 is 23.5 Å². The minimum atomic E-state index is -5.36. The summed E-state index contributed by atoms with van der Waals surface area (Å²) in [4.78, 5) is 30.7. The molecule has 0 unspecified atom stereocenters. The fourth-order valence-corrected chi connectivity index (χ4v) is 12.4. The van der Waals surface area contributed by atoms with Crippen molar-refractivity contribution >= 4 is 23.5 Å². The Labute approximate surface area is 392 Å². The zero-order valence-electron chi connectivity index (χ0n) is 43.8. The maximum absolute atomic E-state index is 10.2. The average Bonchev–Trinajstić information content (AvgIpc) is 3.24. The Morgan fingerprint density at radius 2 is 0.349 bits per heavy atom. The Hall–Kier alpha value is 0.330. The van der Waals surface area contributed by atoms with E-state index in [-0.39, 0.29) is 0 Å². The summed E-state index contributed by atoms with van der Waals surface area (Å²) in [7, 11) is -16.1. The molecule has 0 aromatic heterocycles. The number of rotatable bonds is 36. The number of hydrogen-bond donors (Lipinski definition) is 0. The molecule has 12 nitrogen and oxygen atoms in total. The van der Waals surface area contributed by atoms with Gasteiger partial charge < -0.3 is 28.1 Å². The van der Waals surface area contributed by atoms with Crippen LogP contribution in [0.15, 0.2) is 0 Å². The molecule has 1 heterocycles. The molecule has 1 fully saturated rings. The molecular formula is C48H108N3O9P3. The summed E-state index contributed by atoms with van der Waals surface area (Å²) in [6.07, 6.45) is 33.2. The Morgan fingerprint density at radius 3 is 0.429 bits per heavy atom. The van der Waals surface area contributed by atoms with Crippen LogP contribution in [0.25, 0.3) is 0 Å². The van der Waals surface area contributed by atoms with E-state index in [1.54, 1.807) is 0 Å². The molecule has 15 heteroatoms. The van der Waals surface area contributed by atoms with E-state index in [0.29, 0.717) is 0 Å². The molecule has 1 rings (SSSR count). The van der Waals surface area contributed by atoms with Crippen LogP contribution in [-0.4, -0.2) is 92.0 Å². The first-order chi connectivity index (χ1) is 29.8. The van der Waals surface area contributed by atoms with Crippen LogP contribution in [0.2, 0.25) is 0 Å². The summed E-state index contributed by atoms with van der Waals surface area (Å²) in [5.74, 6) is 0. The van der Waals surface area contributed by atoms with Gasteiger partial charge in [-0.05, 0) is 77.0 Å². The molecule has 0 aliphatic carbocycles. The predicted molar refractivity (Wildman–Crippen MR) is 264 cm³/mol. The van der Waals surface area contributed by atoms with E-state index < -0.39 is 23.5 Å². The first-order valence-electron chi connectivity index (χ1n) is 26.5. The number of quaternary nitrogens is 3. The van der Waals surface area contributed by atoms with Crippen molar-refractivity contribution in [2.24, 2.45) is 0 Å². The number of hydrogen-bond acceptors (Lipinski definition) is 9. The van der Waals surface area contributed by atoms with Crippen LogP contribution in [0, 0.1) is 0 Å². The summed E-state index contributed by atoms with van der Waals surface area (Å²) in [5.41, 5.74) is 0. The highest BCUT2D eigenvalue weighted by Crippen LogP contribution is 2.73. The van der Waals surface area contributed by atoms with E-state index >= 15 is 0 Å². The molecule has 0 radical (unpaired) electrons. The highest BCUT2D eigenvalue weighted by Gasteiger charge is 2.35. The van der Waals surface area contributed by atoms with Gasteiger partial charge in [0.25, 0.3) is 23.5 Å². The van der Waals surface area contributed by atoms with Crippen molar-refractivity contribution in [2.75, 3.05) is 78.5 Å². The molecule has 1 aliphatic rings. The van der Waals surface area contributed by atoms with Crippen LogP contribution in [-0.2, 0) is 26.6 Å². The zero-order chi connectivity index (χ0) is 48.6. The molecule has 384 valence electrons. The zero-order valence-corrected chi connectivity index (χ0v) is 46.5. The summed E-state index contributed by atoms with van der Waals surface area (Å²) in [6, 6.07) is 0. The van der Waals surface area contributed by atoms with Gasteiger partial charge in [-0.1, -0.05) is 160 Å². The van der Waals surface area contributed by atoms with E-state index in [1.165, 1.54) is 246 Å². The second kappa shape index (κ2) is 41.3. The molecule has 0 spiro atoms. The van der Waals surface area contributed by atoms with Gasteiger partial charge in [-0.15, -0.1) is 0 Å². The SMILES string of the molecule is CCCC[N+](CCCC)(CCCC)CCCC.CCCC[N+](CCCC)(CCCC)CCCC.CCCC[N+](CCCC)(CCCC)CCCC.O=P1([O-])OP(=O)([O-])OP(=O)([O-])O1. The van der Waals surface area contributed by atoms with Crippen LogP contribution in [0.1, 0.15) is 237 Å². The highest BCUT2D eigenvalue weighted by molar-refractivity contribution is 7.73. The first kappa shape index (κ1) is 67.6. The lowest BCUT2D eigenvalue weighted by Gasteiger charge is -2.41. The summed E-state index contributed by atoms with van der Waals surface area (Å²) in [6.45, 7) is 45.1. The van der Waals surface area contributed by atoms with Crippen LogP contribution in [0.4, 0.5) is 0 Å². The van der Waals surface area contributed by atoms with E-state index in [2.05, 4.69) is 96.0 Å². The number of nitrogens with zero attached hydrogens (tertiary/aromatic N) is 3. The Balaban J connectivity index is -0.000000767. The third-order valence-corrected chi connectivity index (χ3v) is 17.2. The van der Waals surface area contributed by atoms with Crippen molar-refractivity contribution in [3.63, 3.8) is 0 Å². The van der Waals surface area contributed by atoms with Crippen LogP contribution < -0.4 is 14.7 Å². The molecule has 0 atom stereocenters. The molecule has 0 N–H and O–H groups in total. The third kappa shape index (κ3) is 37.0. The number of unbranched alkanes of at least 4 members (excludes halogenated alkanes) is 12. The third-order valence-electron chi connectivity index (χ3n) is 12.4. The Morgan fingerprint density at radius 1 is 0.254 bits per heavy atom. The second-order valence-corrected chi connectivity index (χ2v) is 23.2. The van der Waals surface area contributed by atoms with Gasteiger partial charge >= 0.3 is 0 Å². The number of phosphoric acid groups is 3. The van der Waals surface area contributed by atoms with Crippen molar-refractivity contribution in [2.45, 2.75) is 237 Å². The molecule has 0 amide bonds. The lowest BCUT2D eigenvalue weighted by molar-refractivity contribution is -0.929. The van der Waals surface area contributed by atoms with Gasteiger partial charge in [-0.2, -0.15) is 0 Å². The van der Waals surface area contributed by atoms with Gasteiger partial charge in [0.2, 0.25) is 0 Å². The van der Waals surface area contributed by atoms with E-state index in [9.17, 15) is 28.4 Å². The lowest BCUT2D eigenvalue weighted by atomic mass is 10.1. The van der Waals surface area contributed by atoms with E-state index in [0.717, 1.165) is 0 Å². The van der Waals surface area contributed by atoms with Crippen LogP contribution in [0.5, 0.6) is 0 Å². The fraction of sp³-hybridized carbons (Fsp3) is 1.00. The molecule has 0 aromatic rings. The predicted octanol–water partition coefficient (Wildman–Crippen LogP) is 13.5. The van der Waals surface area contributed by atoms with Crippen LogP contribution in [0.3, 0.4) is 0 Å². The van der Waals surface area contributed by atoms with Crippen molar-refractivity contribution in [3.8, 4) is 0 Å². The van der Waals surface area contributed by atoms with E-state index in [4.69, 9.17) is 0 Å². The maximum atomic E-state index is 10.2. The highest BCUT2D eigenvalue weighted by atomic mass is 31.3. The molecule has 0 saturated carbocycles. The smallest absolute Gasteiger partial charge is 0.280 e. The van der Waals surface area contributed by atoms with E-state index in [1.807, 2.05) is 0 Å². The lowest BCUT2D eigenvalue weighted by Crippen LogP contribution is -2.50. The Kier molecular flexibility index (Phi) is 44.3. The monoisotopic (exact) mass is 964 g/mol. The average molecular weight is 964 g/mol. The van der Waals surface area contributed by atoms with Crippen molar-refractivity contribution in [3.05, 3.63) is 0 Å². The van der Waals surface area contributed by atoms with Crippen molar-refractivity contribution < 1.29 is 54.8 Å². The van der Waals surface area contributed by atoms with Gasteiger partial charge in [0, 0.05) is 0 Å². The van der Waals surface area contributed by atoms with Gasteiger partial charge in [0.15, 0.2) is 0 Å². The van der Waals surface area contributed by atoms with Crippen molar-refractivity contribution in [1.29, 1.82) is 0 Å². The van der Waals surface area contributed by atoms with Gasteiger partial charge in [-0.25, -0.2) is 12.9 Å². The normalized spacial score (nSPS) is 20.2. The molecule has 1 aliphatic heterocycles. The van der Waals surface area contributed by atoms with Gasteiger partial charge in [-0.3, -0.25) is 13.7 Å². The minimum absolute atomic E-state index is 1.35. The molecule has 0 bridgehead atoms. The van der Waals surface area contributed by atoms with Gasteiger partial charge in [0.05, 0.1) is 78.5 Å². The second-order valence-electron chi connectivity index (χ2n) is 18.5. The topological polar surface area (TPSA) is 148 Å². The molecule has 0 aromatic carbocycles. The molecule has 1 saturated heterocycles.